The van der Waals surface area contributed by atoms with E-state index < -0.39 is 17.6 Å². The van der Waals surface area contributed by atoms with Crippen molar-refractivity contribution in [2.75, 3.05) is 10.6 Å². The number of hydrogen-bond acceptors (Lipinski definition) is 4. The lowest BCUT2D eigenvalue weighted by molar-refractivity contribution is -0.137. The van der Waals surface area contributed by atoms with Crippen LogP contribution in [0.4, 0.5) is 24.5 Å². The van der Waals surface area contributed by atoms with E-state index in [1.54, 1.807) is 24.3 Å². The van der Waals surface area contributed by atoms with E-state index in [2.05, 4.69) is 15.6 Å². The van der Waals surface area contributed by atoms with Gasteiger partial charge in [-0.25, -0.2) is 4.98 Å². The van der Waals surface area contributed by atoms with E-state index >= 15 is 0 Å². The van der Waals surface area contributed by atoms with Crippen LogP contribution in [0.2, 0.25) is 0 Å². The van der Waals surface area contributed by atoms with Crippen LogP contribution < -0.4 is 10.6 Å². The number of benzene rings is 2. The normalized spacial score (nSPS) is 13.7. The molecule has 0 saturated heterocycles. The van der Waals surface area contributed by atoms with E-state index in [0.29, 0.717) is 21.9 Å². The second-order valence-electron chi connectivity index (χ2n) is 6.91. The maximum Gasteiger partial charge on any atom is 0.416 e. The highest BCUT2D eigenvalue weighted by molar-refractivity contribution is 7.13. The lowest BCUT2D eigenvalue weighted by Crippen LogP contribution is -2.14. The van der Waals surface area contributed by atoms with Gasteiger partial charge in [-0.3, -0.25) is 9.59 Å². The Morgan fingerprint density at radius 1 is 1.00 bits per heavy atom. The number of anilines is 2. The highest BCUT2D eigenvalue weighted by Crippen LogP contribution is 2.33. The molecule has 1 saturated carbocycles. The number of halogens is 3. The van der Waals surface area contributed by atoms with Gasteiger partial charge in [0.1, 0.15) is 10.7 Å². The summed E-state index contributed by atoms with van der Waals surface area (Å²) in [5.41, 5.74) is 0.793. The molecule has 0 spiro atoms. The molecule has 0 atom stereocenters. The van der Waals surface area contributed by atoms with E-state index in [1.165, 1.54) is 17.5 Å². The molecule has 0 radical (unpaired) electrons. The van der Waals surface area contributed by atoms with Gasteiger partial charge in [-0.05, 0) is 49.2 Å². The van der Waals surface area contributed by atoms with Gasteiger partial charge in [-0.15, -0.1) is 11.3 Å². The summed E-state index contributed by atoms with van der Waals surface area (Å²) in [7, 11) is 0. The maximum absolute atomic E-state index is 12.9. The molecule has 1 aliphatic rings. The molecule has 9 heteroatoms. The highest BCUT2D eigenvalue weighted by Gasteiger charge is 2.31. The molecule has 0 aliphatic heterocycles. The first kappa shape index (κ1) is 20.1. The lowest BCUT2D eigenvalue weighted by atomic mass is 10.1. The summed E-state index contributed by atoms with van der Waals surface area (Å²) in [6.07, 6.45) is -2.62. The Balaban J connectivity index is 1.42. The molecule has 1 heterocycles. The molecule has 1 aromatic heterocycles. The molecular formula is C21H16F3N3O2S. The minimum Gasteiger partial charge on any atom is -0.326 e. The van der Waals surface area contributed by atoms with Crippen molar-refractivity contribution in [2.24, 2.45) is 5.92 Å². The van der Waals surface area contributed by atoms with Gasteiger partial charge in [-0.2, -0.15) is 13.2 Å². The van der Waals surface area contributed by atoms with Crippen molar-refractivity contribution in [3.8, 4) is 10.6 Å². The van der Waals surface area contributed by atoms with Crippen molar-refractivity contribution in [3.63, 3.8) is 0 Å². The van der Waals surface area contributed by atoms with Crippen LogP contribution in [0.1, 0.15) is 28.9 Å². The zero-order chi connectivity index (χ0) is 21.3. The summed E-state index contributed by atoms with van der Waals surface area (Å²) in [4.78, 5) is 28.4. The van der Waals surface area contributed by atoms with Crippen LogP contribution in [0, 0.1) is 5.92 Å². The Hall–Kier alpha value is -3.20. The number of amides is 2. The number of rotatable bonds is 5. The van der Waals surface area contributed by atoms with Gasteiger partial charge in [0.25, 0.3) is 5.91 Å². The summed E-state index contributed by atoms with van der Waals surface area (Å²) in [5.74, 6) is -0.379. The predicted molar refractivity (Wildman–Crippen MR) is 108 cm³/mol. The lowest BCUT2D eigenvalue weighted by Gasteiger charge is -2.07. The number of nitrogens with zero attached hydrogens (tertiary/aromatic N) is 1. The predicted octanol–water partition coefficient (Wildman–Crippen LogP) is 5.43. The van der Waals surface area contributed by atoms with E-state index in [-0.39, 0.29) is 17.5 Å². The van der Waals surface area contributed by atoms with Crippen molar-refractivity contribution in [2.45, 2.75) is 19.0 Å². The van der Waals surface area contributed by atoms with Crippen molar-refractivity contribution in [1.29, 1.82) is 0 Å². The van der Waals surface area contributed by atoms with Gasteiger partial charge >= 0.3 is 6.18 Å². The van der Waals surface area contributed by atoms with Gasteiger partial charge in [0, 0.05) is 28.2 Å². The van der Waals surface area contributed by atoms with E-state index in [9.17, 15) is 22.8 Å². The number of thiazole rings is 1. The van der Waals surface area contributed by atoms with Crippen molar-refractivity contribution < 1.29 is 22.8 Å². The van der Waals surface area contributed by atoms with Crippen LogP contribution in [0.15, 0.2) is 53.9 Å². The largest absolute Gasteiger partial charge is 0.416 e. The standard InChI is InChI=1S/C21H16F3N3O2S/c22-21(23,24)14-3-1-2-13(10-14)20-27-17(11-30-20)19(29)26-16-8-6-15(7-9-16)25-18(28)12-4-5-12/h1-3,6-12H,4-5H2,(H,25,28)(H,26,29). The third-order valence-electron chi connectivity index (χ3n) is 4.53. The van der Waals surface area contributed by atoms with Gasteiger partial charge in [0.2, 0.25) is 5.91 Å². The maximum atomic E-state index is 12.9. The molecule has 0 bridgehead atoms. The van der Waals surface area contributed by atoms with Gasteiger partial charge in [0.15, 0.2) is 0 Å². The second-order valence-corrected chi connectivity index (χ2v) is 7.77. The zero-order valence-electron chi connectivity index (χ0n) is 15.5. The van der Waals surface area contributed by atoms with Gasteiger partial charge in [0.05, 0.1) is 5.56 Å². The highest BCUT2D eigenvalue weighted by atomic mass is 32.1. The summed E-state index contributed by atoms with van der Waals surface area (Å²) < 4.78 is 38.7. The third-order valence-corrected chi connectivity index (χ3v) is 5.42. The first-order valence-corrected chi connectivity index (χ1v) is 10.0. The first-order chi connectivity index (χ1) is 14.3. The fourth-order valence-electron chi connectivity index (χ4n) is 2.76. The minimum absolute atomic E-state index is 0.00335. The number of aromatic nitrogens is 1. The fraction of sp³-hybridized carbons (Fsp3) is 0.190. The van der Waals surface area contributed by atoms with Crippen molar-refractivity contribution >= 4 is 34.5 Å². The topological polar surface area (TPSA) is 71.1 Å². The monoisotopic (exact) mass is 431 g/mol. The molecule has 2 amide bonds. The van der Waals surface area contributed by atoms with Crippen LogP contribution in [-0.2, 0) is 11.0 Å². The number of carbonyl (C=O) groups is 2. The molecule has 2 aromatic carbocycles. The molecule has 30 heavy (non-hydrogen) atoms. The van der Waals surface area contributed by atoms with E-state index in [4.69, 9.17) is 0 Å². The Morgan fingerprint density at radius 2 is 1.67 bits per heavy atom. The van der Waals surface area contributed by atoms with Crippen LogP contribution >= 0.6 is 11.3 Å². The summed E-state index contributed by atoms with van der Waals surface area (Å²) in [6.45, 7) is 0. The van der Waals surface area contributed by atoms with Crippen LogP contribution in [-0.4, -0.2) is 16.8 Å². The Bertz CT molecular complexity index is 1090. The molecule has 0 unspecified atom stereocenters. The third kappa shape index (κ3) is 4.68. The zero-order valence-corrected chi connectivity index (χ0v) is 16.3. The Labute approximate surface area is 174 Å². The van der Waals surface area contributed by atoms with Crippen LogP contribution in [0.5, 0.6) is 0 Å². The van der Waals surface area contributed by atoms with E-state index in [1.807, 2.05) is 0 Å². The molecule has 154 valence electrons. The van der Waals surface area contributed by atoms with Crippen LogP contribution in [0.3, 0.4) is 0 Å². The summed E-state index contributed by atoms with van der Waals surface area (Å²) >= 11 is 1.09. The van der Waals surface area contributed by atoms with Crippen molar-refractivity contribution in [3.05, 3.63) is 65.2 Å². The molecule has 5 nitrogen and oxygen atoms in total. The number of nitrogens with one attached hydrogen (secondary N) is 2. The Kier molecular flexibility index (Phi) is 5.29. The number of hydrogen-bond donors (Lipinski definition) is 2. The minimum atomic E-state index is -4.45. The second kappa shape index (κ2) is 7.91. The van der Waals surface area contributed by atoms with Crippen LogP contribution in [0.25, 0.3) is 10.6 Å². The molecule has 4 rings (SSSR count). The number of carbonyl (C=O) groups excluding carboxylic acids is 2. The molecule has 3 aromatic rings. The first-order valence-electron chi connectivity index (χ1n) is 9.15. The fourth-order valence-corrected chi connectivity index (χ4v) is 3.56. The van der Waals surface area contributed by atoms with Gasteiger partial charge in [-0.1, -0.05) is 12.1 Å². The smallest absolute Gasteiger partial charge is 0.326 e. The average molecular weight is 431 g/mol. The number of alkyl halides is 3. The summed E-state index contributed by atoms with van der Waals surface area (Å²) in [6, 6.07) is 11.5. The Morgan fingerprint density at radius 3 is 2.30 bits per heavy atom. The van der Waals surface area contributed by atoms with Crippen molar-refractivity contribution in [1.82, 2.24) is 4.98 Å². The molecular weight excluding hydrogens is 415 g/mol. The average Bonchev–Trinajstić information content (AvgIpc) is 3.45. The molecule has 1 fully saturated rings. The SMILES string of the molecule is O=C(Nc1ccc(NC(=O)C2CC2)cc1)c1csc(-c2cccc(C(F)(F)F)c2)n1. The molecule has 1 aliphatic carbocycles. The quantitative estimate of drug-likeness (QED) is 0.566. The van der Waals surface area contributed by atoms with E-state index in [0.717, 1.165) is 36.3 Å². The summed E-state index contributed by atoms with van der Waals surface area (Å²) in [5, 5.41) is 7.32. The molecule has 2 N–H and O–H groups in total. The van der Waals surface area contributed by atoms with Gasteiger partial charge < -0.3 is 10.6 Å².